The van der Waals surface area contributed by atoms with Crippen LogP contribution in [0.1, 0.15) is 17.0 Å². The molecule has 5 nitrogen and oxygen atoms in total. The van der Waals surface area contributed by atoms with Gasteiger partial charge in [-0.1, -0.05) is 6.07 Å². The van der Waals surface area contributed by atoms with Gasteiger partial charge in [-0.25, -0.2) is 4.98 Å². The highest BCUT2D eigenvalue weighted by Gasteiger charge is 2.15. The van der Waals surface area contributed by atoms with E-state index in [4.69, 9.17) is 9.47 Å². The van der Waals surface area contributed by atoms with Crippen LogP contribution in [0.3, 0.4) is 0 Å². The Morgan fingerprint density at radius 2 is 2.10 bits per heavy atom. The van der Waals surface area contributed by atoms with Crippen LogP contribution < -0.4 is 14.8 Å². The molecule has 21 heavy (non-hydrogen) atoms. The van der Waals surface area contributed by atoms with Gasteiger partial charge in [-0.2, -0.15) is 0 Å². The van der Waals surface area contributed by atoms with Crippen LogP contribution in [0.4, 0.5) is 0 Å². The number of aryl methyl sites for hydroxylation is 2. The normalized spacial score (nSPS) is 16.6. The highest BCUT2D eigenvalue weighted by atomic mass is 16.6. The van der Waals surface area contributed by atoms with Crippen molar-refractivity contribution < 1.29 is 9.47 Å². The Labute approximate surface area is 123 Å². The first-order valence-corrected chi connectivity index (χ1v) is 7.52. The minimum atomic E-state index is 0.637. The summed E-state index contributed by atoms with van der Waals surface area (Å²) in [7, 11) is 0. The Kier molecular flexibility index (Phi) is 3.27. The molecule has 0 spiro atoms. The van der Waals surface area contributed by atoms with Gasteiger partial charge in [-0.15, -0.1) is 0 Å². The number of benzene rings is 1. The average Bonchev–Trinajstić information content (AvgIpc) is 2.96. The van der Waals surface area contributed by atoms with Gasteiger partial charge in [-0.05, 0) is 24.1 Å². The lowest BCUT2D eigenvalue weighted by molar-refractivity contribution is 0.171. The van der Waals surface area contributed by atoms with Gasteiger partial charge in [0.1, 0.15) is 13.2 Å². The zero-order valence-corrected chi connectivity index (χ0v) is 12.0. The molecule has 2 aliphatic heterocycles. The summed E-state index contributed by atoms with van der Waals surface area (Å²) in [5.41, 5.74) is 3.85. The molecule has 0 saturated carbocycles. The number of hydrogen-bond acceptors (Lipinski definition) is 4. The summed E-state index contributed by atoms with van der Waals surface area (Å²) < 4.78 is 13.5. The lowest BCUT2D eigenvalue weighted by Crippen LogP contribution is -2.25. The van der Waals surface area contributed by atoms with E-state index in [1.165, 1.54) is 17.0 Å². The summed E-state index contributed by atoms with van der Waals surface area (Å²) in [5.74, 6) is 1.73. The van der Waals surface area contributed by atoms with Gasteiger partial charge in [-0.3, -0.25) is 0 Å². The predicted octanol–water partition coefficient (Wildman–Crippen LogP) is 1.54. The molecule has 0 saturated heterocycles. The molecule has 0 unspecified atom stereocenters. The molecule has 1 N–H and O–H groups in total. The molecule has 3 heterocycles. The fourth-order valence-electron chi connectivity index (χ4n) is 2.98. The van der Waals surface area contributed by atoms with Crippen molar-refractivity contribution in [3.05, 3.63) is 41.5 Å². The quantitative estimate of drug-likeness (QED) is 0.929. The molecular weight excluding hydrogens is 266 g/mol. The lowest BCUT2D eigenvalue weighted by Gasteiger charge is -2.19. The van der Waals surface area contributed by atoms with E-state index >= 15 is 0 Å². The molecule has 0 amide bonds. The fourth-order valence-corrected chi connectivity index (χ4v) is 2.98. The highest BCUT2D eigenvalue weighted by molar-refractivity contribution is 5.43. The van der Waals surface area contributed by atoms with E-state index in [-0.39, 0.29) is 0 Å². The van der Waals surface area contributed by atoms with Crippen molar-refractivity contribution in [2.24, 2.45) is 0 Å². The summed E-state index contributed by atoms with van der Waals surface area (Å²) >= 11 is 0. The van der Waals surface area contributed by atoms with E-state index in [1.807, 2.05) is 12.4 Å². The van der Waals surface area contributed by atoms with Crippen LogP contribution in [0.25, 0.3) is 0 Å². The van der Waals surface area contributed by atoms with Crippen molar-refractivity contribution in [1.29, 1.82) is 0 Å². The maximum absolute atomic E-state index is 5.64. The van der Waals surface area contributed by atoms with Gasteiger partial charge in [0.15, 0.2) is 11.5 Å². The molecular formula is C16H19N3O2. The number of ether oxygens (including phenoxy) is 2. The van der Waals surface area contributed by atoms with Crippen molar-refractivity contribution in [1.82, 2.24) is 14.9 Å². The van der Waals surface area contributed by atoms with E-state index in [0.29, 0.717) is 13.2 Å². The Morgan fingerprint density at radius 3 is 3.05 bits per heavy atom. The summed E-state index contributed by atoms with van der Waals surface area (Å²) in [6.45, 7) is 4.18. The number of imidazole rings is 1. The number of fused-ring (bicyclic) bond motifs is 2. The third-order valence-electron chi connectivity index (χ3n) is 4.11. The minimum Gasteiger partial charge on any atom is -0.486 e. The Balaban J connectivity index is 1.48. The van der Waals surface area contributed by atoms with E-state index < -0.39 is 0 Å². The van der Waals surface area contributed by atoms with Gasteiger partial charge in [0.05, 0.1) is 12.0 Å². The molecule has 1 aromatic carbocycles. The Hall–Kier alpha value is -2.01. The molecule has 5 heteroatoms. The minimum absolute atomic E-state index is 0.637. The lowest BCUT2D eigenvalue weighted by atomic mass is 10.1. The van der Waals surface area contributed by atoms with Crippen LogP contribution in [-0.4, -0.2) is 29.3 Å². The Bertz CT molecular complexity index is 651. The van der Waals surface area contributed by atoms with Crippen LogP contribution in [0.15, 0.2) is 24.5 Å². The van der Waals surface area contributed by atoms with Crippen LogP contribution in [0, 0.1) is 0 Å². The predicted molar refractivity (Wildman–Crippen MR) is 78.8 cm³/mol. The molecule has 2 aliphatic rings. The van der Waals surface area contributed by atoms with Gasteiger partial charge < -0.3 is 19.4 Å². The number of aromatic nitrogens is 2. The third kappa shape index (κ3) is 2.49. The fraction of sp³-hybridized carbons (Fsp3) is 0.438. The van der Waals surface area contributed by atoms with Crippen LogP contribution in [-0.2, 0) is 25.9 Å². The van der Waals surface area contributed by atoms with Gasteiger partial charge in [0.25, 0.3) is 0 Å². The topological polar surface area (TPSA) is 48.3 Å². The number of hydrogen-bond donors (Lipinski definition) is 1. The second-order valence-corrected chi connectivity index (χ2v) is 5.49. The molecule has 0 atom stereocenters. The van der Waals surface area contributed by atoms with E-state index in [1.54, 1.807) is 0 Å². The SMILES string of the molecule is c1cc2c(cc1CCn1cnc3c1CCNC3)OCCO2. The third-order valence-corrected chi connectivity index (χ3v) is 4.11. The van der Waals surface area contributed by atoms with Crippen molar-refractivity contribution in [3.63, 3.8) is 0 Å². The molecule has 0 fully saturated rings. The second kappa shape index (κ2) is 5.41. The summed E-state index contributed by atoms with van der Waals surface area (Å²) in [4.78, 5) is 4.50. The number of nitrogens with one attached hydrogen (secondary N) is 1. The van der Waals surface area contributed by atoms with Gasteiger partial charge in [0, 0.05) is 31.7 Å². The molecule has 2 aromatic rings. The first-order chi connectivity index (χ1) is 10.4. The van der Waals surface area contributed by atoms with E-state index in [9.17, 15) is 0 Å². The number of nitrogens with zero attached hydrogens (tertiary/aromatic N) is 2. The van der Waals surface area contributed by atoms with Gasteiger partial charge in [0.2, 0.25) is 0 Å². The highest BCUT2D eigenvalue weighted by Crippen LogP contribution is 2.31. The van der Waals surface area contributed by atoms with E-state index in [2.05, 4.69) is 27.0 Å². The molecule has 0 radical (unpaired) electrons. The van der Waals surface area contributed by atoms with Crippen molar-refractivity contribution in [2.45, 2.75) is 25.9 Å². The zero-order valence-electron chi connectivity index (χ0n) is 12.0. The maximum Gasteiger partial charge on any atom is 0.161 e. The van der Waals surface area contributed by atoms with Crippen LogP contribution in [0.2, 0.25) is 0 Å². The Morgan fingerprint density at radius 1 is 1.19 bits per heavy atom. The standard InChI is InChI=1S/C16H19N3O2/c1-2-15-16(21-8-7-20-15)9-12(1)4-6-19-11-18-13-10-17-5-3-14(13)19/h1-2,9,11,17H,3-8,10H2. The van der Waals surface area contributed by atoms with Crippen molar-refractivity contribution in [3.8, 4) is 11.5 Å². The molecule has 0 aliphatic carbocycles. The molecule has 110 valence electrons. The first kappa shape index (κ1) is 12.7. The molecule has 1 aromatic heterocycles. The van der Waals surface area contributed by atoms with E-state index in [0.717, 1.165) is 44.0 Å². The van der Waals surface area contributed by atoms with Crippen LogP contribution in [0.5, 0.6) is 11.5 Å². The van der Waals surface area contributed by atoms with Crippen LogP contribution >= 0.6 is 0 Å². The van der Waals surface area contributed by atoms with Gasteiger partial charge >= 0.3 is 0 Å². The summed E-state index contributed by atoms with van der Waals surface area (Å²) in [6.07, 6.45) is 4.01. The van der Waals surface area contributed by atoms with Crippen molar-refractivity contribution >= 4 is 0 Å². The van der Waals surface area contributed by atoms with Crippen molar-refractivity contribution in [2.75, 3.05) is 19.8 Å². The maximum atomic E-state index is 5.64. The number of rotatable bonds is 3. The molecule has 0 bridgehead atoms. The smallest absolute Gasteiger partial charge is 0.161 e. The zero-order chi connectivity index (χ0) is 14.1. The molecule has 4 rings (SSSR count). The average molecular weight is 285 g/mol. The monoisotopic (exact) mass is 285 g/mol. The second-order valence-electron chi connectivity index (χ2n) is 5.49. The summed E-state index contributed by atoms with van der Waals surface area (Å²) in [6, 6.07) is 6.23. The summed E-state index contributed by atoms with van der Waals surface area (Å²) in [5, 5.41) is 3.36. The first-order valence-electron chi connectivity index (χ1n) is 7.52. The largest absolute Gasteiger partial charge is 0.486 e.